The maximum atomic E-state index is 7.51. The topological polar surface area (TPSA) is 45.3 Å². The minimum absolute atomic E-state index is 0.491. The van der Waals surface area contributed by atoms with E-state index in [2.05, 4.69) is 16.0 Å². The SMILES string of the molecule is C1CCC(C2NC(C3CCC(C4CCC5CCCCC5C4)CC3)NC(C3CC4C5CCCC(C6CCCCC6)C5OC4C4CCCCC34)N2)CC1. The summed E-state index contributed by atoms with van der Waals surface area (Å²) >= 11 is 0. The van der Waals surface area contributed by atoms with Crippen molar-refractivity contribution in [2.45, 2.75) is 217 Å². The van der Waals surface area contributed by atoms with Crippen molar-refractivity contribution in [2.24, 2.45) is 76.9 Å². The van der Waals surface area contributed by atoms with Crippen LogP contribution in [-0.2, 0) is 4.74 Å². The van der Waals surface area contributed by atoms with Crippen LogP contribution in [0.15, 0.2) is 0 Å². The van der Waals surface area contributed by atoms with Crippen molar-refractivity contribution in [3.63, 3.8) is 0 Å². The maximum absolute atomic E-state index is 7.51. The lowest BCUT2D eigenvalue weighted by atomic mass is 9.56. The van der Waals surface area contributed by atoms with E-state index in [1.807, 2.05) is 0 Å². The van der Waals surface area contributed by atoms with Gasteiger partial charge in [0.2, 0.25) is 0 Å². The van der Waals surface area contributed by atoms with Gasteiger partial charge in [0.1, 0.15) is 0 Å². The molecule has 2 heterocycles. The number of hydrogen-bond acceptors (Lipinski definition) is 4. The van der Waals surface area contributed by atoms with Crippen molar-refractivity contribution in [3.05, 3.63) is 0 Å². The molecule has 2 saturated heterocycles. The third-order valence-corrected chi connectivity index (χ3v) is 19.0. The van der Waals surface area contributed by atoms with E-state index < -0.39 is 0 Å². The van der Waals surface area contributed by atoms with Crippen molar-refractivity contribution in [2.75, 3.05) is 0 Å². The van der Waals surface area contributed by atoms with E-state index in [1.165, 1.54) is 154 Å². The summed E-state index contributed by atoms with van der Waals surface area (Å²) in [5.74, 6) is 11.9. The summed E-state index contributed by atoms with van der Waals surface area (Å²) in [5.41, 5.74) is 0. The third kappa shape index (κ3) is 7.09. The van der Waals surface area contributed by atoms with Gasteiger partial charge in [-0.25, -0.2) is 0 Å². The molecule has 8 aliphatic carbocycles. The second-order valence-electron chi connectivity index (χ2n) is 21.3. The fourth-order valence-electron chi connectivity index (χ4n) is 16.5. The van der Waals surface area contributed by atoms with Gasteiger partial charge in [-0.15, -0.1) is 0 Å². The van der Waals surface area contributed by atoms with Gasteiger partial charge in [0, 0.05) is 0 Å². The number of hydrogen-bond donors (Lipinski definition) is 3. The molecule has 51 heavy (non-hydrogen) atoms. The Hall–Kier alpha value is -0.160. The lowest BCUT2D eigenvalue weighted by Gasteiger charge is -2.54. The van der Waals surface area contributed by atoms with E-state index in [1.54, 1.807) is 32.1 Å². The molecule has 0 spiro atoms. The molecule has 4 nitrogen and oxygen atoms in total. The molecule has 0 aromatic heterocycles. The molecular weight excluding hydrogens is 623 g/mol. The molecule has 0 amide bonds. The summed E-state index contributed by atoms with van der Waals surface area (Å²) in [6.45, 7) is 0. The molecule has 4 heteroatoms. The van der Waals surface area contributed by atoms with Crippen LogP contribution in [-0.4, -0.2) is 30.7 Å². The fraction of sp³-hybridized carbons (Fsp3) is 1.00. The van der Waals surface area contributed by atoms with E-state index in [0.29, 0.717) is 30.7 Å². The highest BCUT2D eigenvalue weighted by molar-refractivity contribution is 5.08. The molecule has 0 aromatic carbocycles. The van der Waals surface area contributed by atoms with Crippen LogP contribution in [0.25, 0.3) is 0 Å². The summed E-state index contributed by atoms with van der Waals surface area (Å²) in [6, 6.07) is 0. The number of nitrogens with one attached hydrogen (secondary N) is 3. The highest BCUT2D eigenvalue weighted by atomic mass is 16.5. The molecule has 14 unspecified atom stereocenters. The summed E-state index contributed by atoms with van der Waals surface area (Å²) in [4.78, 5) is 0. The zero-order valence-corrected chi connectivity index (χ0v) is 32.8. The monoisotopic (exact) mass is 702 g/mol. The number of ether oxygens (including phenoxy) is 1. The minimum atomic E-state index is 0.491. The second-order valence-corrected chi connectivity index (χ2v) is 21.3. The largest absolute Gasteiger partial charge is 0.374 e. The van der Waals surface area contributed by atoms with Gasteiger partial charge in [-0.05, 0) is 167 Å². The quantitative estimate of drug-likeness (QED) is 0.267. The minimum Gasteiger partial charge on any atom is -0.374 e. The predicted molar refractivity (Wildman–Crippen MR) is 209 cm³/mol. The zero-order chi connectivity index (χ0) is 33.7. The lowest BCUT2D eigenvalue weighted by Crippen LogP contribution is -2.73. The molecule has 0 bridgehead atoms. The molecular formula is C47H79N3O. The van der Waals surface area contributed by atoms with Gasteiger partial charge in [-0.2, -0.15) is 0 Å². The highest BCUT2D eigenvalue weighted by Crippen LogP contribution is 2.59. The summed E-state index contributed by atoms with van der Waals surface area (Å²) in [5, 5.41) is 13.3. The highest BCUT2D eigenvalue weighted by Gasteiger charge is 2.59. The molecule has 0 radical (unpaired) electrons. The smallest absolute Gasteiger partial charge is 0.0641 e. The van der Waals surface area contributed by atoms with Crippen LogP contribution in [0.4, 0.5) is 0 Å². The first-order valence-corrected chi connectivity index (χ1v) is 24.2. The van der Waals surface area contributed by atoms with Crippen molar-refractivity contribution in [1.82, 2.24) is 16.0 Å². The van der Waals surface area contributed by atoms with Gasteiger partial charge in [0.25, 0.3) is 0 Å². The van der Waals surface area contributed by atoms with Crippen LogP contribution in [0.3, 0.4) is 0 Å². The van der Waals surface area contributed by atoms with E-state index >= 15 is 0 Å². The van der Waals surface area contributed by atoms with Crippen molar-refractivity contribution in [1.29, 1.82) is 0 Å². The van der Waals surface area contributed by atoms with Gasteiger partial charge in [0.15, 0.2) is 0 Å². The molecule has 8 saturated carbocycles. The lowest BCUT2D eigenvalue weighted by molar-refractivity contribution is -0.103. The van der Waals surface area contributed by atoms with Crippen LogP contribution >= 0.6 is 0 Å². The molecule has 2 aliphatic heterocycles. The second kappa shape index (κ2) is 15.8. The normalized spacial score (nSPS) is 51.5. The Balaban J connectivity index is 0.855. The van der Waals surface area contributed by atoms with Gasteiger partial charge in [-0.1, -0.05) is 96.3 Å². The first-order chi connectivity index (χ1) is 25.3. The van der Waals surface area contributed by atoms with Crippen molar-refractivity contribution >= 4 is 0 Å². The van der Waals surface area contributed by atoms with E-state index in [9.17, 15) is 0 Å². The Bertz CT molecular complexity index is 1120. The van der Waals surface area contributed by atoms with Gasteiger partial charge < -0.3 is 4.74 Å². The van der Waals surface area contributed by atoms with Crippen LogP contribution in [0, 0.1) is 76.9 Å². The molecule has 10 aliphatic rings. The summed E-state index contributed by atoms with van der Waals surface area (Å²) in [6.07, 6.45) is 45.9. The Morgan fingerprint density at radius 1 is 0.255 bits per heavy atom. The fourth-order valence-corrected chi connectivity index (χ4v) is 16.5. The Labute approximate surface area is 313 Å². The zero-order valence-electron chi connectivity index (χ0n) is 32.8. The van der Waals surface area contributed by atoms with Gasteiger partial charge in [0.05, 0.1) is 30.7 Å². The molecule has 10 rings (SSSR count). The number of rotatable bonds is 5. The maximum Gasteiger partial charge on any atom is 0.0641 e. The predicted octanol–water partition coefficient (Wildman–Crippen LogP) is 10.9. The summed E-state index contributed by atoms with van der Waals surface area (Å²) < 4.78 is 7.51. The van der Waals surface area contributed by atoms with Crippen LogP contribution < -0.4 is 16.0 Å². The van der Waals surface area contributed by atoms with Gasteiger partial charge >= 0.3 is 0 Å². The van der Waals surface area contributed by atoms with Crippen LogP contribution in [0.5, 0.6) is 0 Å². The Kier molecular flexibility index (Phi) is 10.9. The first kappa shape index (κ1) is 35.3. The average molecular weight is 702 g/mol. The number of fused-ring (bicyclic) bond motifs is 6. The van der Waals surface area contributed by atoms with Crippen LogP contribution in [0.2, 0.25) is 0 Å². The Morgan fingerprint density at radius 2 is 0.686 bits per heavy atom. The molecule has 10 fully saturated rings. The summed E-state index contributed by atoms with van der Waals surface area (Å²) in [7, 11) is 0. The van der Waals surface area contributed by atoms with Crippen LogP contribution in [0.1, 0.15) is 186 Å². The van der Waals surface area contributed by atoms with Crippen molar-refractivity contribution in [3.8, 4) is 0 Å². The standard InChI is InChI=1S/C47H79N3O/c1-3-13-32(14-4-1)37-20-11-21-40-41-29-42(38-18-9-10-19-39(38)44(41)51-43(37)40)47-49-45(33-15-5-2-6-16-33)48-46(50-47)34-25-22-31(23-26-34)36-27-24-30-12-7-8-17-35(30)28-36/h30-50H,1-29H2. The first-order valence-electron chi connectivity index (χ1n) is 24.2. The van der Waals surface area contributed by atoms with E-state index in [-0.39, 0.29) is 0 Å². The average Bonchev–Trinajstić information content (AvgIpc) is 3.60. The van der Waals surface area contributed by atoms with Crippen molar-refractivity contribution < 1.29 is 4.74 Å². The molecule has 3 N–H and O–H groups in total. The molecule has 0 aromatic rings. The van der Waals surface area contributed by atoms with E-state index in [0.717, 1.165) is 76.9 Å². The molecule has 14 atom stereocenters. The van der Waals surface area contributed by atoms with E-state index in [4.69, 9.17) is 4.74 Å². The molecule has 288 valence electrons. The third-order valence-electron chi connectivity index (χ3n) is 19.0. The Morgan fingerprint density at radius 3 is 1.43 bits per heavy atom. The van der Waals surface area contributed by atoms with Gasteiger partial charge in [-0.3, -0.25) is 16.0 Å².